The number of amides is 1. The lowest BCUT2D eigenvalue weighted by molar-refractivity contribution is -0.121. The van der Waals surface area contributed by atoms with E-state index in [1.807, 2.05) is 18.2 Å². The molecule has 94 valence electrons. The number of carbonyl (C=O) groups excluding carboxylic acids is 1. The Hall–Kier alpha value is -1.31. The predicted molar refractivity (Wildman–Crippen MR) is 71.8 cm³/mol. The molecule has 1 amide bonds. The smallest absolute Gasteiger partial charge is 0.217 e. The zero-order valence-electron chi connectivity index (χ0n) is 11.1. The molecule has 2 nitrogen and oxygen atoms in total. The summed E-state index contributed by atoms with van der Waals surface area (Å²) in [5, 5.41) is 3.17. The Morgan fingerprint density at radius 3 is 2.06 bits per heavy atom. The first-order chi connectivity index (χ1) is 8.14. The molecular formula is C15H23NO. The average molecular weight is 233 g/mol. The summed E-state index contributed by atoms with van der Waals surface area (Å²) in [6.07, 6.45) is 4.11. The first-order valence-corrected chi connectivity index (χ1v) is 6.49. The summed E-state index contributed by atoms with van der Waals surface area (Å²) in [5.74, 6) is 0.0516. The second-order valence-corrected chi connectivity index (χ2v) is 4.63. The second-order valence-electron chi connectivity index (χ2n) is 4.63. The first kappa shape index (κ1) is 13.8. The maximum absolute atomic E-state index is 11.5. The van der Waals surface area contributed by atoms with Crippen LogP contribution in [0.2, 0.25) is 0 Å². The summed E-state index contributed by atoms with van der Waals surface area (Å²) < 4.78 is 0. The van der Waals surface area contributed by atoms with Gasteiger partial charge in [-0.2, -0.15) is 0 Å². The molecule has 0 bridgehead atoms. The molecule has 1 rings (SSSR count). The fourth-order valence-electron chi connectivity index (χ4n) is 2.56. The van der Waals surface area contributed by atoms with Crippen molar-refractivity contribution in [3.8, 4) is 0 Å². The zero-order chi connectivity index (χ0) is 12.7. The van der Waals surface area contributed by atoms with Gasteiger partial charge in [-0.3, -0.25) is 4.79 Å². The highest BCUT2D eigenvalue weighted by Gasteiger charge is 2.30. The van der Waals surface area contributed by atoms with Gasteiger partial charge in [-0.25, -0.2) is 0 Å². The molecule has 0 spiro atoms. The molecule has 0 atom stereocenters. The number of hydrogen-bond acceptors (Lipinski definition) is 1. The van der Waals surface area contributed by atoms with E-state index in [9.17, 15) is 4.79 Å². The molecule has 1 aromatic carbocycles. The molecular weight excluding hydrogens is 210 g/mol. The molecule has 0 aliphatic rings. The minimum atomic E-state index is -0.184. The van der Waals surface area contributed by atoms with Crippen molar-refractivity contribution in [3.63, 3.8) is 0 Å². The van der Waals surface area contributed by atoms with Crippen LogP contribution in [0.5, 0.6) is 0 Å². The van der Waals surface area contributed by atoms with Gasteiger partial charge in [0.15, 0.2) is 0 Å². The molecule has 0 aliphatic heterocycles. The molecule has 0 aliphatic carbocycles. The van der Waals surface area contributed by atoms with Crippen LogP contribution in [-0.4, -0.2) is 5.91 Å². The third-order valence-corrected chi connectivity index (χ3v) is 3.10. The maximum Gasteiger partial charge on any atom is 0.217 e. The maximum atomic E-state index is 11.5. The Bertz CT molecular complexity index is 339. The van der Waals surface area contributed by atoms with E-state index in [0.717, 1.165) is 25.7 Å². The number of hydrogen-bond donors (Lipinski definition) is 1. The number of rotatable bonds is 6. The van der Waals surface area contributed by atoms with Gasteiger partial charge in [0.25, 0.3) is 0 Å². The number of carbonyl (C=O) groups is 1. The van der Waals surface area contributed by atoms with Crippen LogP contribution in [0.4, 0.5) is 0 Å². The van der Waals surface area contributed by atoms with Gasteiger partial charge in [0, 0.05) is 6.92 Å². The van der Waals surface area contributed by atoms with E-state index >= 15 is 0 Å². The van der Waals surface area contributed by atoms with Crippen molar-refractivity contribution >= 4 is 5.91 Å². The Balaban J connectivity index is 3.09. The van der Waals surface area contributed by atoms with Gasteiger partial charge in [0.2, 0.25) is 5.91 Å². The topological polar surface area (TPSA) is 29.1 Å². The average Bonchev–Trinajstić information content (AvgIpc) is 2.30. The van der Waals surface area contributed by atoms with Crippen molar-refractivity contribution in [1.82, 2.24) is 5.32 Å². The highest BCUT2D eigenvalue weighted by molar-refractivity contribution is 5.74. The third-order valence-electron chi connectivity index (χ3n) is 3.10. The van der Waals surface area contributed by atoms with Crippen LogP contribution < -0.4 is 5.32 Å². The van der Waals surface area contributed by atoms with Gasteiger partial charge in [0.05, 0.1) is 5.54 Å². The van der Waals surface area contributed by atoms with Gasteiger partial charge >= 0.3 is 0 Å². The highest BCUT2D eigenvalue weighted by atomic mass is 16.1. The monoisotopic (exact) mass is 233 g/mol. The minimum absolute atomic E-state index is 0.0516. The van der Waals surface area contributed by atoms with E-state index in [2.05, 4.69) is 31.3 Å². The lowest BCUT2D eigenvalue weighted by atomic mass is 9.81. The van der Waals surface area contributed by atoms with Crippen molar-refractivity contribution in [2.45, 2.75) is 52.0 Å². The van der Waals surface area contributed by atoms with E-state index in [-0.39, 0.29) is 11.4 Å². The standard InChI is InChI=1S/C15H23NO/c1-4-11-15(12-5-2,16-13(3)17)14-9-7-6-8-10-14/h6-10H,4-5,11-12H2,1-3H3,(H,16,17). The summed E-state index contributed by atoms with van der Waals surface area (Å²) in [5.41, 5.74) is 1.04. The summed E-state index contributed by atoms with van der Waals surface area (Å²) in [4.78, 5) is 11.5. The van der Waals surface area contributed by atoms with Gasteiger partial charge < -0.3 is 5.32 Å². The number of benzene rings is 1. The zero-order valence-corrected chi connectivity index (χ0v) is 11.1. The van der Waals surface area contributed by atoms with Crippen LogP contribution in [-0.2, 0) is 10.3 Å². The molecule has 0 fully saturated rings. The van der Waals surface area contributed by atoms with Crippen LogP contribution in [0.1, 0.15) is 52.0 Å². The summed E-state index contributed by atoms with van der Waals surface area (Å²) >= 11 is 0. The van der Waals surface area contributed by atoms with Crippen molar-refractivity contribution in [2.75, 3.05) is 0 Å². The fraction of sp³-hybridized carbons (Fsp3) is 0.533. The van der Waals surface area contributed by atoms with E-state index in [0.29, 0.717) is 0 Å². The number of nitrogens with one attached hydrogen (secondary N) is 1. The van der Waals surface area contributed by atoms with Crippen LogP contribution in [0, 0.1) is 0 Å². The fourth-order valence-corrected chi connectivity index (χ4v) is 2.56. The van der Waals surface area contributed by atoms with E-state index < -0.39 is 0 Å². The second kappa shape index (κ2) is 6.43. The molecule has 0 saturated heterocycles. The third kappa shape index (κ3) is 3.58. The van der Waals surface area contributed by atoms with Crippen LogP contribution in [0.15, 0.2) is 30.3 Å². The molecule has 0 radical (unpaired) electrons. The van der Waals surface area contributed by atoms with Crippen molar-refractivity contribution in [2.24, 2.45) is 0 Å². The Labute approximate surface area is 104 Å². The summed E-state index contributed by atoms with van der Waals surface area (Å²) in [7, 11) is 0. The predicted octanol–water partition coefficient (Wildman–Crippen LogP) is 3.62. The van der Waals surface area contributed by atoms with Crippen LogP contribution in [0.3, 0.4) is 0 Å². The largest absolute Gasteiger partial charge is 0.347 e. The van der Waals surface area contributed by atoms with Gasteiger partial charge in [0.1, 0.15) is 0 Å². The van der Waals surface area contributed by atoms with Gasteiger partial charge in [-0.15, -0.1) is 0 Å². The molecule has 0 heterocycles. The summed E-state index contributed by atoms with van der Waals surface area (Å²) in [6.45, 7) is 5.92. The van der Waals surface area contributed by atoms with Gasteiger partial charge in [-0.05, 0) is 18.4 Å². The van der Waals surface area contributed by atoms with E-state index in [4.69, 9.17) is 0 Å². The Morgan fingerprint density at radius 2 is 1.65 bits per heavy atom. The lowest BCUT2D eigenvalue weighted by Crippen LogP contribution is -2.44. The molecule has 1 N–H and O–H groups in total. The van der Waals surface area contributed by atoms with Crippen molar-refractivity contribution in [3.05, 3.63) is 35.9 Å². The SMILES string of the molecule is CCCC(CCC)(NC(C)=O)c1ccccc1. The molecule has 0 unspecified atom stereocenters. The molecule has 17 heavy (non-hydrogen) atoms. The van der Waals surface area contributed by atoms with E-state index in [1.54, 1.807) is 6.92 Å². The normalized spacial score (nSPS) is 11.2. The summed E-state index contributed by atoms with van der Waals surface area (Å²) in [6, 6.07) is 10.3. The van der Waals surface area contributed by atoms with Crippen molar-refractivity contribution in [1.29, 1.82) is 0 Å². The Morgan fingerprint density at radius 1 is 1.12 bits per heavy atom. The Kier molecular flexibility index (Phi) is 5.20. The van der Waals surface area contributed by atoms with Crippen molar-refractivity contribution < 1.29 is 4.79 Å². The molecule has 2 heteroatoms. The van der Waals surface area contributed by atoms with E-state index in [1.165, 1.54) is 5.56 Å². The first-order valence-electron chi connectivity index (χ1n) is 6.49. The lowest BCUT2D eigenvalue weighted by Gasteiger charge is -2.35. The van der Waals surface area contributed by atoms with Crippen LogP contribution >= 0.6 is 0 Å². The molecule has 1 aromatic rings. The molecule has 0 aromatic heterocycles. The van der Waals surface area contributed by atoms with Crippen LogP contribution in [0.25, 0.3) is 0 Å². The van der Waals surface area contributed by atoms with Gasteiger partial charge in [-0.1, -0.05) is 57.0 Å². The minimum Gasteiger partial charge on any atom is -0.347 e. The molecule has 0 saturated carbocycles. The highest BCUT2D eigenvalue weighted by Crippen LogP contribution is 2.31. The quantitative estimate of drug-likeness (QED) is 0.799.